The fourth-order valence-electron chi connectivity index (χ4n) is 1.80. The van der Waals surface area contributed by atoms with Crippen LogP contribution < -0.4 is 10.1 Å². The molecule has 1 unspecified atom stereocenters. The van der Waals surface area contributed by atoms with Crippen LogP contribution in [0.5, 0.6) is 5.75 Å². The summed E-state index contributed by atoms with van der Waals surface area (Å²) in [6.45, 7) is 8.05. The Morgan fingerprint density at radius 1 is 1.44 bits per heavy atom. The Bertz CT molecular complexity index is 406. The SMILES string of the molecule is C#CCCOc1ccc(C(C)NCCC)cc1C. The maximum Gasteiger partial charge on any atom is 0.122 e. The van der Waals surface area contributed by atoms with Gasteiger partial charge in [0, 0.05) is 12.5 Å². The molecule has 0 saturated heterocycles. The van der Waals surface area contributed by atoms with Crippen molar-refractivity contribution in [2.24, 2.45) is 0 Å². The van der Waals surface area contributed by atoms with Crippen molar-refractivity contribution in [1.29, 1.82) is 0 Å². The molecule has 0 fully saturated rings. The van der Waals surface area contributed by atoms with Crippen molar-refractivity contribution in [3.63, 3.8) is 0 Å². The maximum absolute atomic E-state index is 5.63. The van der Waals surface area contributed by atoms with Gasteiger partial charge in [-0.1, -0.05) is 19.1 Å². The van der Waals surface area contributed by atoms with Gasteiger partial charge in [0.25, 0.3) is 0 Å². The predicted octanol–water partition coefficient (Wildman–Crippen LogP) is 3.46. The number of terminal acetylenes is 1. The van der Waals surface area contributed by atoms with E-state index in [4.69, 9.17) is 11.2 Å². The third-order valence-corrected chi connectivity index (χ3v) is 2.90. The molecule has 1 N–H and O–H groups in total. The number of hydrogen-bond acceptors (Lipinski definition) is 2. The molecule has 18 heavy (non-hydrogen) atoms. The largest absolute Gasteiger partial charge is 0.492 e. The monoisotopic (exact) mass is 245 g/mol. The minimum Gasteiger partial charge on any atom is -0.492 e. The summed E-state index contributed by atoms with van der Waals surface area (Å²) in [6.07, 6.45) is 7.00. The van der Waals surface area contributed by atoms with E-state index in [9.17, 15) is 0 Å². The van der Waals surface area contributed by atoms with Crippen LogP contribution in [0.2, 0.25) is 0 Å². The molecule has 0 amide bonds. The highest BCUT2D eigenvalue weighted by atomic mass is 16.5. The average Bonchev–Trinajstić information content (AvgIpc) is 2.38. The smallest absolute Gasteiger partial charge is 0.122 e. The van der Waals surface area contributed by atoms with Gasteiger partial charge in [0.1, 0.15) is 5.75 Å². The van der Waals surface area contributed by atoms with Gasteiger partial charge in [-0.3, -0.25) is 0 Å². The zero-order chi connectivity index (χ0) is 13.4. The highest BCUT2D eigenvalue weighted by Gasteiger charge is 2.06. The minimum absolute atomic E-state index is 0.378. The van der Waals surface area contributed by atoms with Crippen LogP contribution >= 0.6 is 0 Å². The number of aryl methyl sites for hydroxylation is 1. The first-order valence-corrected chi connectivity index (χ1v) is 6.59. The predicted molar refractivity (Wildman–Crippen MR) is 76.8 cm³/mol. The lowest BCUT2D eigenvalue weighted by molar-refractivity contribution is 0.325. The van der Waals surface area contributed by atoms with Crippen molar-refractivity contribution < 1.29 is 4.74 Å². The van der Waals surface area contributed by atoms with E-state index in [1.54, 1.807) is 0 Å². The number of nitrogens with one attached hydrogen (secondary N) is 1. The van der Waals surface area contributed by atoms with Gasteiger partial charge in [0.15, 0.2) is 0 Å². The average molecular weight is 245 g/mol. The molecule has 0 aliphatic rings. The minimum atomic E-state index is 0.378. The van der Waals surface area contributed by atoms with Gasteiger partial charge in [-0.15, -0.1) is 12.3 Å². The van der Waals surface area contributed by atoms with Crippen LogP contribution in [0.3, 0.4) is 0 Å². The molecule has 0 spiro atoms. The third kappa shape index (κ3) is 4.43. The Balaban J connectivity index is 2.64. The molecule has 98 valence electrons. The van der Waals surface area contributed by atoms with Gasteiger partial charge >= 0.3 is 0 Å². The van der Waals surface area contributed by atoms with Gasteiger partial charge in [-0.05, 0) is 44.0 Å². The van der Waals surface area contributed by atoms with Crippen molar-refractivity contribution in [3.05, 3.63) is 29.3 Å². The van der Waals surface area contributed by atoms with Gasteiger partial charge < -0.3 is 10.1 Å². The van der Waals surface area contributed by atoms with E-state index in [0.717, 1.165) is 24.3 Å². The Hall–Kier alpha value is -1.46. The molecule has 2 nitrogen and oxygen atoms in total. The van der Waals surface area contributed by atoms with E-state index in [1.807, 2.05) is 6.07 Å². The van der Waals surface area contributed by atoms with Crippen molar-refractivity contribution >= 4 is 0 Å². The number of rotatable bonds is 7. The van der Waals surface area contributed by atoms with Gasteiger partial charge in [-0.2, -0.15) is 0 Å². The van der Waals surface area contributed by atoms with Crippen LogP contribution in [0.15, 0.2) is 18.2 Å². The van der Waals surface area contributed by atoms with Gasteiger partial charge in [0.05, 0.1) is 6.61 Å². The second-order valence-electron chi connectivity index (χ2n) is 4.50. The molecule has 1 aromatic rings. The molecule has 1 aromatic carbocycles. The summed E-state index contributed by atoms with van der Waals surface area (Å²) in [6, 6.07) is 6.71. The van der Waals surface area contributed by atoms with Crippen LogP contribution in [-0.2, 0) is 0 Å². The maximum atomic E-state index is 5.63. The van der Waals surface area contributed by atoms with Crippen molar-refractivity contribution in [1.82, 2.24) is 5.32 Å². The molecule has 0 saturated carbocycles. The van der Waals surface area contributed by atoms with Crippen LogP contribution in [-0.4, -0.2) is 13.2 Å². The number of ether oxygens (including phenoxy) is 1. The molecule has 1 rings (SSSR count). The molecule has 0 radical (unpaired) electrons. The van der Waals surface area contributed by atoms with E-state index >= 15 is 0 Å². The van der Waals surface area contributed by atoms with Crippen molar-refractivity contribution in [2.45, 2.75) is 39.7 Å². The van der Waals surface area contributed by atoms with Crippen LogP contribution in [0.25, 0.3) is 0 Å². The lowest BCUT2D eigenvalue weighted by atomic mass is 10.0. The van der Waals surface area contributed by atoms with E-state index in [0.29, 0.717) is 19.1 Å². The summed E-state index contributed by atoms with van der Waals surface area (Å²) >= 11 is 0. The summed E-state index contributed by atoms with van der Waals surface area (Å²) in [5.74, 6) is 3.50. The van der Waals surface area contributed by atoms with Crippen LogP contribution in [0, 0.1) is 19.3 Å². The zero-order valence-electron chi connectivity index (χ0n) is 11.6. The molecule has 2 heteroatoms. The summed E-state index contributed by atoms with van der Waals surface area (Å²) < 4.78 is 5.63. The molecular formula is C16H23NO. The van der Waals surface area contributed by atoms with Crippen LogP contribution in [0.1, 0.15) is 43.9 Å². The second-order valence-corrected chi connectivity index (χ2v) is 4.50. The zero-order valence-corrected chi connectivity index (χ0v) is 11.6. The highest BCUT2D eigenvalue weighted by Crippen LogP contribution is 2.22. The fourth-order valence-corrected chi connectivity index (χ4v) is 1.80. The molecule has 0 aliphatic heterocycles. The van der Waals surface area contributed by atoms with Gasteiger partial charge in [0.2, 0.25) is 0 Å². The fraction of sp³-hybridized carbons (Fsp3) is 0.500. The van der Waals surface area contributed by atoms with E-state index in [-0.39, 0.29) is 0 Å². The van der Waals surface area contributed by atoms with E-state index < -0.39 is 0 Å². The Morgan fingerprint density at radius 2 is 2.22 bits per heavy atom. The lowest BCUT2D eigenvalue weighted by Gasteiger charge is -2.16. The van der Waals surface area contributed by atoms with Gasteiger partial charge in [-0.25, -0.2) is 0 Å². The standard InChI is InChI=1S/C16H23NO/c1-5-7-11-18-16-9-8-15(12-13(16)3)14(4)17-10-6-2/h1,8-9,12,14,17H,6-7,10-11H2,2-4H3. The Kier molecular flexibility index (Phi) is 6.32. The Labute approximate surface area is 111 Å². The molecule has 0 aromatic heterocycles. The van der Waals surface area contributed by atoms with E-state index in [1.165, 1.54) is 5.56 Å². The summed E-state index contributed by atoms with van der Waals surface area (Å²) in [7, 11) is 0. The Morgan fingerprint density at radius 3 is 2.83 bits per heavy atom. The number of hydrogen-bond donors (Lipinski definition) is 1. The van der Waals surface area contributed by atoms with E-state index in [2.05, 4.69) is 44.1 Å². The summed E-state index contributed by atoms with van der Waals surface area (Å²) in [5, 5.41) is 3.48. The first-order chi connectivity index (χ1) is 8.69. The van der Waals surface area contributed by atoms with Crippen molar-refractivity contribution in [3.8, 4) is 18.1 Å². The second kappa shape index (κ2) is 7.79. The normalized spacial score (nSPS) is 11.9. The number of benzene rings is 1. The molecule has 1 atom stereocenters. The lowest BCUT2D eigenvalue weighted by Crippen LogP contribution is -2.19. The quantitative estimate of drug-likeness (QED) is 0.587. The first kappa shape index (κ1) is 14.6. The van der Waals surface area contributed by atoms with Crippen molar-refractivity contribution in [2.75, 3.05) is 13.2 Å². The highest BCUT2D eigenvalue weighted by molar-refractivity contribution is 5.37. The first-order valence-electron chi connectivity index (χ1n) is 6.59. The summed E-state index contributed by atoms with van der Waals surface area (Å²) in [4.78, 5) is 0. The molecule has 0 aliphatic carbocycles. The molecule has 0 bridgehead atoms. The topological polar surface area (TPSA) is 21.3 Å². The molecular weight excluding hydrogens is 222 g/mol. The molecule has 0 heterocycles. The third-order valence-electron chi connectivity index (χ3n) is 2.90. The van der Waals surface area contributed by atoms with Crippen LogP contribution in [0.4, 0.5) is 0 Å². The summed E-state index contributed by atoms with van der Waals surface area (Å²) in [5.41, 5.74) is 2.46.